The minimum absolute atomic E-state index is 0.436. The molecule has 0 heteroatoms. The Bertz CT molecular complexity index is 433. The van der Waals surface area contributed by atoms with E-state index in [1.807, 2.05) is 0 Å². The highest BCUT2D eigenvalue weighted by Crippen LogP contribution is 2.81. The van der Waals surface area contributed by atoms with Crippen molar-refractivity contribution < 1.29 is 0 Å². The van der Waals surface area contributed by atoms with E-state index in [-0.39, 0.29) is 0 Å². The van der Waals surface area contributed by atoms with E-state index < -0.39 is 0 Å². The van der Waals surface area contributed by atoms with Crippen LogP contribution in [0.4, 0.5) is 0 Å². The summed E-state index contributed by atoms with van der Waals surface area (Å²) in [4.78, 5) is 0. The molecule has 2 fully saturated rings. The fourth-order valence-electron chi connectivity index (χ4n) is 7.41. The van der Waals surface area contributed by atoms with E-state index in [1.54, 1.807) is 0 Å². The molecule has 0 aliphatic heterocycles. The van der Waals surface area contributed by atoms with Crippen molar-refractivity contribution in [3.63, 3.8) is 0 Å². The molecule has 0 amide bonds. The Morgan fingerprint density at radius 1 is 1.00 bits per heavy atom. The molecular weight excluding hydrogens is 288 g/mol. The predicted molar refractivity (Wildman–Crippen MR) is 108 cm³/mol. The molecule has 2 saturated carbocycles. The van der Waals surface area contributed by atoms with Gasteiger partial charge in [0.2, 0.25) is 0 Å². The minimum atomic E-state index is 0.436. The van der Waals surface area contributed by atoms with Crippen LogP contribution in [-0.4, -0.2) is 0 Å². The van der Waals surface area contributed by atoms with Crippen LogP contribution in [0.15, 0.2) is 0 Å². The topological polar surface area (TPSA) is 0 Å². The summed E-state index contributed by atoms with van der Waals surface area (Å²) in [5.74, 6) is 5.33. The summed E-state index contributed by atoms with van der Waals surface area (Å²) in [7, 11) is 0. The van der Waals surface area contributed by atoms with Gasteiger partial charge >= 0.3 is 0 Å². The molecule has 142 valence electrons. The third-order valence-electron chi connectivity index (χ3n) is 9.85. The van der Waals surface area contributed by atoms with E-state index in [1.165, 1.54) is 32.1 Å². The van der Waals surface area contributed by atoms with Crippen molar-refractivity contribution in [1.29, 1.82) is 0 Å². The summed E-state index contributed by atoms with van der Waals surface area (Å²) in [6.45, 7) is 25.2. The van der Waals surface area contributed by atoms with Gasteiger partial charge in [0.15, 0.2) is 0 Å². The monoisotopic (exact) mass is 334 g/mol. The van der Waals surface area contributed by atoms with E-state index in [0.717, 1.165) is 35.5 Å². The van der Waals surface area contributed by atoms with Gasteiger partial charge in [-0.1, -0.05) is 88.5 Å². The van der Waals surface area contributed by atoms with Gasteiger partial charge in [-0.15, -0.1) is 0 Å². The third kappa shape index (κ3) is 2.52. The molecule has 0 heterocycles. The van der Waals surface area contributed by atoms with Gasteiger partial charge in [-0.3, -0.25) is 0 Å². The predicted octanol–water partition coefficient (Wildman–Crippen LogP) is 7.82. The molecule has 0 saturated heterocycles. The van der Waals surface area contributed by atoms with E-state index in [2.05, 4.69) is 69.2 Å². The van der Waals surface area contributed by atoms with Crippen LogP contribution in [0.1, 0.15) is 101 Å². The lowest BCUT2D eigenvalue weighted by molar-refractivity contribution is -0.322. The Morgan fingerprint density at radius 3 is 2.04 bits per heavy atom. The van der Waals surface area contributed by atoms with Crippen LogP contribution in [-0.2, 0) is 0 Å². The van der Waals surface area contributed by atoms with Gasteiger partial charge in [0.1, 0.15) is 0 Å². The van der Waals surface area contributed by atoms with Crippen LogP contribution in [0.5, 0.6) is 0 Å². The average Bonchev–Trinajstić information content (AvgIpc) is 2.51. The van der Waals surface area contributed by atoms with Crippen molar-refractivity contribution in [3.05, 3.63) is 0 Å². The van der Waals surface area contributed by atoms with Crippen LogP contribution in [0.3, 0.4) is 0 Å². The maximum Gasteiger partial charge on any atom is -0.0209 e. The Balaban J connectivity index is 2.28. The van der Waals surface area contributed by atoms with Gasteiger partial charge in [0, 0.05) is 0 Å². The smallest absolute Gasteiger partial charge is 0.0209 e. The zero-order valence-corrected chi connectivity index (χ0v) is 18.5. The first-order valence-electron chi connectivity index (χ1n) is 11.0. The third-order valence-corrected chi connectivity index (χ3v) is 9.85. The van der Waals surface area contributed by atoms with Gasteiger partial charge in [-0.25, -0.2) is 0 Å². The van der Waals surface area contributed by atoms with Crippen molar-refractivity contribution in [2.24, 2.45) is 51.8 Å². The Hall–Kier alpha value is 0. The lowest BCUT2D eigenvalue weighted by Gasteiger charge is -2.80. The molecule has 0 aromatic heterocycles. The molecule has 0 aromatic carbocycles. The molecule has 0 aromatic rings. The standard InChI is InChI=1S/C24H46/c1-11-13-19-15-20-21(23(9,14-12-2)24(19,20)10)18(6)22(7,8)17(5)16(3)4/h16-21H,11-15H2,1-10H3. The van der Waals surface area contributed by atoms with Crippen molar-refractivity contribution in [2.75, 3.05) is 0 Å². The molecule has 2 rings (SSSR count). The van der Waals surface area contributed by atoms with Crippen molar-refractivity contribution >= 4 is 0 Å². The van der Waals surface area contributed by atoms with E-state index >= 15 is 0 Å². The molecule has 0 nitrogen and oxygen atoms in total. The molecule has 0 N–H and O–H groups in total. The molecule has 0 bridgehead atoms. The lowest BCUT2D eigenvalue weighted by atomic mass is 9.24. The summed E-state index contributed by atoms with van der Waals surface area (Å²) in [5, 5.41) is 0. The van der Waals surface area contributed by atoms with Crippen LogP contribution >= 0.6 is 0 Å². The minimum Gasteiger partial charge on any atom is -0.0654 e. The Kier molecular flexibility index (Phi) is 5.61. The Morgan fingerprint density at radius 2 is 1.58 bits per heavy atom. The second-order valence-corrected chi connectivity index (χ2v) is 10.9. The second kappa shape index (κ2) is 6.62. The van der Waals surface area contributed by atoms with Gasteiger partial charge in [0.05, 0.1) is 0 Å². The van der Waals surface area contributed by atoms with Crippen LogP contribution in [0.2, 0.25) is 0 Å². The SMILES string of the molecule is CCCC1CC2C(C(C)C(C)(C)C(C)C(C)C)C(C)(CCC)C12C. The molecule has 0 radical (unpaired) electrons. The number of fused-ring (bicyclic) bond motifs is 1. The molecule has 2 aliphatic rings. The highest BCUT2D eigenvalue weighted by Gasteiger charge is 2.75. The summed E-state index contributed by atoms with van der Waals surface area (Å²) < 4.78 is 0. The zero-order valence-electron chi connectivity index (χ0n) is 18.5. The first-order valence-corrected chi connectivity index (χ1v) is 11.0. The maximum absolute atomic E-state index is 2.67. The van der Waals surface area contributed by atoms with Crippen LogP contribution in [0, 0.1) is 51.8 Å². The van der Waals surface area contributed by atoms with E-state index in [4.69, 9.17) is 0 Å². The number of hydrogen-bond donors (Lipinski definition) is 0. The fraction of sp³-hybridized carbons (Fsp3) is 1.00. The zero-order chi connectivity index (χ0) is 18.5. The number of hydrogen-bond acceptors (Lipinski definition) is 0. The molecule has 2 aliphatic carbocycles. The van der Waals surface area contributed by atoms with Crippen LogP contribution in [0.25, 0.3) is 0 Å². The molecule has 24 heavy (non-hydrogen) atoms. The van der Waals surface area contributed by atoms with Crippen molar-refractivity contribution in [2.45, 2.75) is 101 Å². The molecule has 0 spiro atoms. The summed E-state index contributed by atoms with van der Waals surface area (Å²) in [6, 6.07) is 0. The van der Waals surface area contributed by atoms with Crippen LogP contribution < -0.4 is 0 Å². The average molecular weight is 335 g/mol. The Labute approximate surface area is 153 Å². The lowest BCUT2D eigenvalue weighted by Crippen LogP contribution is -2.74. The van der Waals surface area contributed by atoms with Gasteiger partial charge in [-0.05, 0) is 64.6 Å². The quantitative estimate of drug-likeness (QED) is 0.424. The van der Waals surface area contributed by atoms with Gasteiger partial charge < -0.3 is 0 Å². The van der Waals surface area contributed by atoms with E-state index in [9.17, 15) is 0 Å². The maximum atomic E-state index is 2.67. The summed E-state index contributed by atoms with van der Waals surface area (Å²) in [5.41, 5.74) is 1.64. The van der Waals surface area contributed by atoms with Crippen molar-refractivity contribution in [1.82, 2.24) is 0 Å². The normalized spacial score (nSPS) is 41.4. The highest BCUT2D eigenvalue weighted by molar-refractivity contribution is 5.22. The van der Waals surface area contributed by atoms with Gasteiger partial charge in [-0.2, -0.15) is 0 Å². The van der Waals surface area contributed by atoms with E-state index in [0.29, 0.717) is 16.2 Å². The van der Waals surface area contributed by atoms with Crippen molar-refractivity contribution in [3.8, 4) is 0 Å². The fourth-order valence-corrected chi connectivity index (χ4v) is 7.41. The first-order chi connectivity index (χ1) is 11.0. The summed E-state index contributed by atoms with van der Waals surface area (Å²) in [6.07, 6.45) is 7.12. The first kappa shape index (κ1) is 20.3. The molecule has 7 atom stereocenters. The number of rotatable bonds is 8. The molecule has 7 unspecified atom stereocenters. The highest BCUT2D eigenvalue weighted by atomic mass is 14.8. The summed E-state index contributed by atoms with van der Waals surface area (Å²) >= 11 is 0. The largest absolute Gasteiger partial charge is 0.0654 e. The molecular formula is C24H46. The second-order valence-electron chi connectivity index (χ2n) is 10.9. The van der Waals surface area contributed by atoms with Gasteiger partial charge in [0.25, 0.3) is 0 Å².